The van der Waals surface area contributed by atoms with Crippen molar-refractivity contribution in [3.8, 4) is 0 Å². The molecule has 2 aromatic rings. The van der Waals surface area contributed by atoms with Gasteiger partial charge in [-0.15, -0.1) is 11.6 Å². The highest BCUT2D eigenvalue weighted by molar-refractivity contribution is 7.09. The number of nitrogens with one attached hydrogen (secondary N) is 1. The Bertz CT molecular complexity index is 498. The number of nitrogens with zero attached hydrogens (tertiary/aromatic N) is 2. The average Bonchev–Trinajstić information content (AvgIpc) is 2.84. The molecule has 0 amide bonds. The van der Waals surface area contributed by atoms with Gasteiger partial charge in [-0.3, -0.25) is 0 Å². The molecule has 0 spiro atoms. The van der Waals surface area contributed by atoms with E-state index in [0.717, 1.165) is 35.9 Å². The number of benzene rings is 1. The second kappa shape index (κ2) is 6.71. The normalized spacial score (nSPS) is 10.6. The third kappa shape index (κ3) is 3.68. The van der Waals surface area contributed by atoms with Gasteiger partial charge in [-0.25, -0.2) is 4.98 Å². The van der Waals surface area contributed by atoms with Gasteiger partial charge in [0.2, 0.25) is 5.13 Å². The van der Waals surface area contributed by atoms with E-state index >= 15 is 0 Å². The highest BCUT2D eigenvalue weighted by Gasteiger charge is 2.03. The SMILES string of the molecule is CCc1nsc(Nc2cccc(CCCCl)c2)n1. The number of aryl methyl sites for hydroxylation is 2. The van der Waals surface area contributed by atoms with Crippen LogP contribution in [-0.4, -0.2) is 15.2 Å². The van der Waals surface area contributed by atoms with Gasteiger partial charge in [0.25, 0.3) is 0 Å². The Morgan fingerprint density at radius 2 is 2.28 bits per heavy atom. The van der Waals surface area contributed by atoms with E-state index in [9.17, 15) is 0 Å². The molecular weight excluding hydrogens is 266 g/mol. The first-order valence-corrected chi connectivity index (χ1v) is 7.37. The number of alkyl halides is 1. The van der Waals surface area contributed by atoms with Gasteiger partial charge in [-0.1, -0.05) is 19.1 Å². The quantitative estimate of drug-likeness (QED) is 0.813. The molecule has 0 atom stereocenters. The minimum atomic E-state index is 0.702. The summed E-state index contributed by atoms with van der Waals surface area (Å²) in [6.07, 6.45) is 2.88. The number of rotatable bonds is 6. The van der Waals surface area contributed by atoms with E-state index in [-0.39, 0.29) is 0 Å². The third-order valence-electron chi connectivity index (χ3n) is 2.56. The predicted molar refractivity (Wildman–Crippen MR) is 78.1 cm³/mol. The van der Waals surface area contributed by atoms with Gasteiger partial charge in [-0.05, 0) is 30.5 Å². The molecule has 0 unspecified atom stereocenters. The topological polar surface area (TPSA) is 37.8 Å². The highest BCUT2D eigenvalue weighted by atomic mass is 35.5. The summed E-state index contributed by atoms with van der Waals surface area (Å²) < 4.78 is 4.25. The molecule has 1 N–H and O–H groups in total. The third-order valence-corrected chi connectivity index (χ3v) is 3.50. The molecule has 0 aliphatic rings. The van der Waals surface area contributed by atoms with Crippen LogP contribution < -0.4 is 5.32 Å². The summed E-state index contributed by atoms with van der Waals surface area (Å²) in [6.45, 7) is 2.05. The first kappa shape index (κ1) is 13.3. The Balaban J connectivity index is 2.04. The molecule has 0 aliphatic carbocycles. The number of aromatic nitrogens is 2. The molecule has 3 nitrogen and oxygen atoms in total. The highest BCUT2D eigenvalue weighted by Crippen LogP contribution is 2.20. The number of anilines is 2. The van der Waals surface area contributed by atoms with E-state index in [2.05, 4.69) is 33.7 Å². The Kier molecular flexibility index (Phi) is 4.96. The van der Waals surface area contributed by atoms with Crippen LogP contribution in [0.1, 0.15) is 24.7 Å². The maximum atomic E-state index is 5.71. The zero-order valence-corrected chi connectivity index (χ0v) is 11.9. The van der Waals surface area contributed by atoms with Gasteiger partial charge in [0.15, 0.2) is 0 Å². The van der Waals surface area contributed by atoms with Gasteiger partial charge >= 0.3 is 0 Å². The summed E-state index contributed by atoms with van der Waals surface area (Å²) >= 11 is 7.11. The molecule has 0 fully saturated rings. The molecule has 18 heavy (non-hydrogen) atoms. The summed E-state index contributed by atoms with van der Waals surface area (Å²) in [5.41, 5.74) is 2.35. The lowest BCUT2D eigenvalue weighted by Crippen LogP contribution is -1.92. The lowest BCUT2D eigenvalue weighted by Gasteiger charge is -2.05. The zero-order valence-electron chi connectivity index (χ0n) is 10.3. The Morgan fingerprint density at radius 1 is 1.39 bits per heavy atom. The standard InChI is InChI=1S/C13H16ClN3S/c1-2-12-16-13(18-17-12)15-11-7-3-5-10(9-11)6-4-8-14/h3,5,7,9H,2,4,6,8H2,1H3,(H,15,16,17). The number of hydrogen-bond donors (Lipinski definition) is 1. The van der Waals surface area contributed by atoms with Crippen LogP contribution in [0.15, 0.2) is 24.3 Å². The molecule has 0 radical (unpaired) electrons. The molecule has 1 aromatic heterocycles. The van der Waals surface area contributed by atoms with Gasteiger partial charge in [0.1, 0.15) is 5.82 Å². The van der Waals surface area contributed by atoms with Crippen molar-refractivity contribution in [1.82, 2.24) is 9.36 Å². The minimum Gasteiger partial charge on any atom is -0.330 e. The van der Waals surface area contributed by atoms with Gasteiger partial charge in [0, 0.05) is 29.5 Å². The first-order valence-electron chi connectivity index (χ1n) is 6.06. The van der Waals surface area contributed by atoms with Crippen LogP contribution in [0.4, 0.5) is 10.8 Å². The zero-order chi connectivity index (χ0) is 12.8. The van der Waals surface area contributed by atoms with E-state index in [1.54, 1.807) is 0 Å². The van der Waals surface area contributed by atoms with E-state index in [4.69, 9.17) is 11.6 Å². The van der Waals surface area contributed by atoms with E-state index in [1.807, 2.05) is 12.1 Å². The second-order valence-electron chi connectivity index (χ2n) is 3.99. The lowest BCUT2D eigenvalue weighted by atomic mass is 10.1. The largest absolute Gasteiger partial charge is 0.330 e. The van der Waals surface area contributed by atoms with Crippen LogP contribution in [0.3, 0.4) is 0 Å². The molecule has 0 saturated heterocycles. The molecule has 1 aromatic carbocycles. The van der Waals surface area contributed by atoms with E-state index < -0.39 is 0 Å². The van der Waals surface area contributed by atoms with Crippen LogP contribution in [-0.2, 0) is 12.8 Å². The van der Waals surface area contributed by atoms with Crippen LogP contribution in [0.25, 0.3) is 0 Å². The van der Waals surface area contributed by atoms with Crippen LogP contribution in [0.2, 0.25) is 0 Å². The summed E-state index contributed by atoms with van der Waals surface area (Å²) in [5.74, 6) is 1.59. The smallest absolute Gasteiger partial charge is 0.207 e. The van der Waals surface area contributed by atoms with Crippen LogP contribution >= 0.6 is 23.1 Å². The lowest BCUT2D eigenvalue weighted by molar-refractivity contribution is 0.929. The van der Waals surface area contributed by atoms with Crippen molar-refractivity contribution in [1.29, 1.82) is 0 Å². The van der Waals surface area contributed by atoms with Crippen molar-refractivity contribution in [3.63, 3.8) is 0 Å². The molecule has 5 heteroatoms. The minimum absolute atomic E-state index is 0.702. The monoisotopic (exact) mass is 281 g/mol. The molecule has 0 aliphatic heterocycles. The van der Waals surface area contributed by atoms with Crippen molar-refractivity contribution in [3.05, 3.63) is 35.7 Å². The van der Waals surface area contributed by atoms with Gasteiger partial charge in [-0.2, -0.15) is 4.37 Å². The maximum absolute atomic E-state index is 5.71. The summed E-state index contributed by atoms with van der Waals surface area (Å²) in [6, 6.07) is 8.35. The molecule has 0 saturated carbocycles. The number of hydrogen-bond acceptors (Lipinski definition) is 4. The van der Waals surface area contributed by atoms with E-state index in [0.29, 0.717) is 5.88 Å². The predicted octanol–water partition coefficient (Wildman–Crippen LogP) is 4.02. The maximum Gasteiger partial charge on any atom is 0.207 e. The van der Waals surface area contributed by atoms with Crippen molar-refractivity contribution >= 4 is 34.0 Å². The Labute approximate surface area is 116 Å². The van der Waals surface area contributed by atoms with Crippen molar-refractivity contribution < 1.29 is 0 Å². The van der Waals surface area contributed by atoms with Crippen LogP contribution in [0.5, 0.6) is 0 Å². The number of halogens is 1. The van der Waals surface area contributed by atoms with Crippen molar-refractivity contribution in [2.24, 2.45) is 0 Å². The van der Waals surface area contributed by atoms with Gasteiger partial charge < -0.3 is 5.32 Å². The first-order chi connectivity index (χ1) is 8.81. The second-order valence-corrected chi connectivity index (χ2v) is 5.12. The fourth-order valence-electron chi connectivity index (χ4n) is 1.65. The fourth-order valence-corrected chi connectivity index (χ4v) is 2.45. The summed E-state index contributed by atoms with van der Waals surface area (Å²) in [7, 11) is 0. The molecule has 0 bridgehead atoms. The molecule has 2 rings (SSSR count). The Hall–Kier alpha value is -1.13. The summed E-state index contributed by atoms with van der Waals surface area (Å²) in [5, 5.41) is 4.14. The average molecular weight is 282 g/mol. The Morgan fingerprint density at radius 3 is 3.00 bits per heavy atom. The molecule has 1 heterocycles. The molecule has 96 valence electrons. The van der Waals surface area contributed by atoms with Crippen molar-refractivity contribution in [2.75, 3.05) is 11.2 Å². The van der Waals surface area contributed by atoms with Crippen molar-refractivity contribution in [2.45, 2.75) is 26.2 Å². The van der Waals surface area contributed by atoms with E-state index in [1.165, 1.54) is 17.1 Å². The van der Waals surface area contributed by atoms with Crippen LogP contribution in [0, 0.1) is 0 Å². The fraction of sp³-hybridized carbons (Fsp3) is 0.385. The summed E-state index contributed by atoms with van der Waals surface area (Å²) in [4.78, 5) is 4.39. The molecular formula is C13H16ClN3S. The van der Waals surface area contributed by atoms with Gasteiger partial charge in [0.05, 0.1) is 0 Å².